The lowest BCUT2D eigenvalue weighted by Crippen LogP contribution is -2.72. The average Bonchev–Trinajstić information content (AvgIpc) is 2.79. The van der Waals surface area contributed by atoms with Crippen molar-refractivity contribution in [3.05, 3.63) is 23.5 Å². The van der Waals surface area contributed by atoms with Gasteiger partial charge in [-0.15, -0.1) is 0 Å². The smallest absolute Gasteiger partial charge is 0.376 e. The Hall–Kier alpha value is -1.83. The van der Waals surface area contributed by atoms with E-state index in [1.165, 1.54) is 6.07 Å². The van der Waals surface area contributed by atoms with Crippen LogP contribution in [-0.4, -0.2) is 37.9 Å². The molecule has 4 nitrogen and oxygen atoms in total. The second kappa shape index (κ2) is 7.61. The summed E-state index contributed by atoms with van der Waals surface area (Å²) in [5.41, 5.74) is -0.489. The van der Waals surface area contributed by atoms with Gasteiger partial charge in [0.1, 0.15) is 5.82 Å². The Bertz CT molecular complexity index is 863. The number of nitrogens with one attached hydrogen (secondary N) is 1. The maximum atomic E-state index is 14.9. The van der Waals surface area contributed by atoms with E-state index >= 15 is 0 Å². The molecule has 1 N–H and O–H groups in total. The van der Waals surface area contributed by atoms with Gasteiger partial charge in [0.2, 0.25) is 5.91 Å². The van der Waals surface area contributed by atoms with Gasteiger partial charge >= 0.3 is 6.18 Å². The van der Waals surface area contributed by atoms with E-state index < -0.39 is 17.4 Å². The standard InChI is InChI=1S/C24H32F4N2O2/c1-15-9-16(10-17(25)20(15)29-19(31)11-21(2,3)4)30-6-5-18(32-8-7-30)22-12-23(13-22,14-22)24(26,27)28/h9-10,18H,5-8,11-14H2,1-4H3,(H,29,31)/t18-,22?,23?/m1/s1. The van der Waals surface area contributed by atoms with Crippen LogP contribution >= 0.6 is 0 Å². The summed E-state index contributed by atoms with van der Waals surface area (Å²) in [6.45, 7) is 9.15. The van der Waals surface area contributed by atoms with E-state index in [1.807, 2.05) is 31.7 Å². The van der Waals surface area contributed by atoms with Crippen molar-refractivity contribution < 1.29 is 27.1 Å². The molecule has 4 aliphatic rings. The molecule has 1 atom stereocenters. The lowest BCUT2D eigenvalue weighted by Gasteiger charge is -2.72. The molecule has 1 aliphatic heterocycles. The number of hydrogen-bond donors (Lipinski definition) is 1. The van der Waals surface area contributed by atoms with E-state index in [0.717, 1.165) is 0 Å². The topological polar surface area (TPSA) is 41.6 Å². The molecule has 0 spiro atoms. The Labute approximate surface area is 186 Å². The molecule has 1 aromatic rings. The van der Waals surface area contributed by atoms with Crippen LogP contribution in [0.4, 0.5) is 28.9 Å². The van der Waals surface area contributed by atoms with E-state index in [9.17, 15) is 22.4 Å². The molecule has 1 aromatic carbocycles. The molecule has 0 unspecified atom stereocenters. The Balaban J connectivity index is 1.39. The molecule has 3 saturated carbocycles. The SMILES string of the molecule is Cc1cc(N2CCO[C@@H](C34CC(C(F)(F)F)(C3)C4)CC2)cc(F)c1NC(=O)CC(C)(C)C. The number of rotatable bonds is 4. The number of halogens is 4. The summed E-state index contributed by atoms with van der Waals surface area (Å²) in [4.78, 5) is 14.3. The summed E-state index contributed by atoms with van der Waals surface area (Å²) in [5, 5.41) is 2.69. The Morgan fingerprint density at radius 2 is 1.84 bits per heavy atom. The van der Waals surface area contributed by atoms with Gasteiger partial charge in [-0.3, -0.25) is 4.79 Å². The largest absolute Gasteiger partial charge is 0.394 e. The molecule has 3 aliphatic carbocycles. The van der Waals surface area contributed by atoms with Crippen molar-refractivity contribution in [1.82, 2.24) is 0 Å². The van der Waals surface area contributed by atoms with Gasteiger partial charge in [0.25, 0.3) is 0 Å². The summed E-state index contributed by atoms with van der Waals surface area (Å²) in [6, 6.07) is 3.26. The fourth-order valence-corrected chi connectivity index (χ4v) is 5.76. The zero-order valence-corrected chi connectivity index (χ0v) is 19.2. The molecule has 0 aromatic heterocycles. The number of ether oxygens (including phenoxy) is 1. The maximum absolute atomic E-state index is 14.9. The summed E-state index contributed by atoms with van der Waals surface area (Å²) in [6.07, 6.45) is -2.88. The molecule has 8 heteroatoms. The van der Waals surface area contributed by atoms with Crippen LogP contribution in [0.2, 0.25) is 0 Å². The fraction of sp³-hybridized carbons (Fsp3) is 0.708. The number of alkyl halides is 3. The highest BCUT2D eigenvalue weighted by Crippen LogP contribution is 2.80. The number of hydrogen-bond acceptors (Lipinski definition) is 3. The molecule has 32 heavy (non-hydrogen) atoms. The third kappa shape index (κ3) is 4.11. The van der Waals surface area contributed by atoms with Gasteiger partial charge in [0.05, 0.1) is 23.8 Å². The van der Waals surface area contributed by atoms with E-state index in [2.05, 4.69) is 5.32 Å². The highest BCUT2D eigenvalue weighted by Gasteiger charge is 2.80. The van der Waals surface area contributed by atoms with E-state index in [1.54, 1.807) is 6.92 Å². The first kappa shape index (κ1) is 23.3. The minimum atomic E-state index is -4.12. The molecule has 1 saturated heterocycles. The summed E-state index contributed by atoms with van der Waals surface area (Å²) >= 11 is 0. The quantitative estimate of drug-likeness (QED) is 0.579. The van der Waals surface area contributed by atoms with Gasteiger partial charge in [-0.1, -0.05) is 20.8 Å². The zero-order chi connectivity index (χ0) is 23.5. The van der Waals surface area contributed by atoms with Crippen LogP contribution in [0.15, 0.2) is 12.1 Å². The highest BCUT2D eigenvalue weighted by molar-refractivity contribution is 5.92. The molecule has 1 amide bonds. The normalized spacial score (nSPS) is 30.2. The van der Waals surface area contributed by atoms with Crippen molar-refractivity contribution in [2.45, 2.75) is 72.1 Å². The van der Waals surface area contributed by atoms with Crippen LogP contribution in [0.1, 0.15) is 58.4 Å². The van der Waals surface area contributed by atoms with Crippen molar-refractivity contribution in [1.29, 1.82) is 0 Å². The number of carbonyl (C=O) groups is 1. The number of nitrogens with zero attached hydrogens (tertiary/aromatic N) is 1. The molecule has 5 rings (SSSR count). The molecule has 178 valence electrons. The molecular formula is C24H32F4N2O2. The minimum Gasteiger partial charge on any atom is -0.376 e. The second-order valence-corrected chi connectivity index (χ2v) is 11.2. The van der Waals surface area contributed by atoms with Crippen LogP contribution in [-0.2, 0) is 9.53 Å². The number of amides is 1. The van der Waals surface area contributed by atoms with Gasteiger partial charge < -0.3 is 15.0 Å². The molecule has 0 radical (unpaired) electrons. The fourth-order valence-electron chi connectivity index (χ4n) is 5.76. The first-order chi connectivity index (χ1) is 14.7. The van der Waals surface area contributed by atoms with E-state index in [-0.39, 0.29) is 54.2 Å². The molecule has 1 heterocycles. The van der Waals surface area contributed by atoms with Gasteiger partial charge in [-0.05, 0) is 61.1 Å². The third-order valence-electron chi connectivity index (χ3n) is 7.29. The molecular weight excluding hydrogens is 424 g/mol. The van der Waals surface area contributed by atoms with Crippen molar-refractivity contribution in [3.63, 3.8) is 0 Å². The highest BCUT2D eigenvalue weighted by atomic mass is 19.4. The third-order valence-corrected chi connectivity index (χ3v) is 7.29. The first-order valence-corrected chi connectivity index (χ1v) is 11.3. The Morgan fingerprint density at radius 3 is 2.41 bits per heavy atom. The first-order valence-electron chi connectivity index (χ1n) is 11.3. The number of carbonyl (C=O) groups excluding carboxylic acids is 1. The minimum absolute atomic E-state index is 0.171. The number of benzene rings is 1. The monoisotopic (exact) mass is 456 g/mol. The van der Waals surface area contributed by atoms with Crippen molar-refractivity contribution in [2.75, 3.05) is 29.9 Å². The number of anilines is 2. The summed E-state index contributed by atoms with van der Waals surface area (Å²) in [5.74, 6) is -0.719. The molecule has 4 fully saturated rings. The van der Waals surface area contributed by atoms with Crippen LogP contribution in [0.25, 0.3) is 0 Å². The van der Waals surface area contributed by atoms with Gasteiger partial charge in [0.15, 0.2) is 0 Å². The van der Waals surface area contributed by atoms with Crippen LogP contribution in [0.3, 0.4) is 0 Å². The maximum Gasteiger partial charge on any atom is 0.394 e. The van der Waals surface area contributed by atoms with E-state index in [0.29, 0.717) is 37.4 Å². The molecule has 2 bridgehead atoms. The van der Waals surface area contributed by atoms with Crippen LogP contribution in [0.5, 0.6) is 0 Å². The predicted molar refractivity (Wildman–Crippen MR) is 115 cm³/mol. The average molecular weight is 457 g/mol. The Kier molecular flexibility index (Phi) is 5.55. The van der Waals surface area contributed by atoms with Crippen LogP contribution < -0.4 is 10.2 Å². The second-order valence-electron chi connectivity index (χ2n) is 11.2. The van der Waals surface area contributed by atoms with Gasteiger partial charge in [0, 0.05) is 25.2 Å². The predicted octanol–water partition coefficient (Wildman–Crippen LogP) is 5.84. The van der Waals surface area contributed by atoms with Crippen molar-refractivity contribution in [3.8, 4) is 0 Å². The zero-order valence-electron chi connectivity index (χ0n) is 19.2. The van der Waals surface area contributed by atoms with E-state index in [4.69, 9.17) is 4.74 Å². The Morgan fingerprint density at radius 1 is 1.19 bits per heavy atom. The lowest BCUT2D eigenvalue weighted by atomic mass is 9.33. The van der Waals surface area contributed by atoms with Crippen molar-refractivity contribution in [2.24, 2.45) is 16.2 Å². The number of aryl methyl sites for hydroxylation is 1. The van der Waals surface area contributed by atoms with Gasteiger partial charge in [-0.25, -0.2) is 4.39 Å². The summed E-state index contributed by atoms with van der Waals surface area (Å²) < 4.78 is 60.4. The lowest BCUT2D eigenvalue weighted by molar-refractivity contribution is -0.383. The summed E-state index contributed by atoms with van der Waals surface area (Å²) in [7, 11) is 0. The van der Waals surface area contributed by atoms with Crippen LogP contribution in [0, 0.1) is 29.0 Å². The van der Waals surface area contributed by atoms with Gasteiger partial charge in [-0.2, -0.15) is 13.2 Å². The van der Waals surface area contributed by atoms with Crippen molar-refractivity contribution >= 4 is 17.3 Å².